The Labute approximate surface area is 102 Å². The first kappa shape index (κ1) is 14.0. The summed E-state index contributed by atoms with van der Waals surface area (Å²) >= 11 is 0. The van der Waals surface area contributed by atoms with Crippen LogP contribution in [0.2, 0.25) is 0 Å². The average molecular weight is 226 g/mol. The fraction of sp³-hybridized carbons (Fsp3) is 1.00. The fourth-order valence-corrected chi connectivity index (χ4v) is 2.91. The molecule has 0 radical (unpaired) electrons. The van der Waals surface area contributed by atoms with Gasteiger partial charge in [0.15, 0.2) is 0 Å². The highest BCUT2D eigenvalue weighted by Gasteiger charge is 2.26. The van der Waals surface area contributed by atoms with Gasteiger partial charge >= 0.3 is 0 Å². The van der Waals surface area contributed by atoms with E-state index in [9.17, 15) is 0 Å². The van der Waals surface area contributed by atoms with Gasteiger partial charge in [-0.05, 0) is 64.7 Å². The molecule has 0 bridgehead atoms. The minimum Gasteiger partial charge on any atom is -0.313 e. The first-order valence-corrected chi connectivity index (χ1v) is 6.99. The van der Waals surface area contributed by atoms with Crippen molar-refractivity contribution in [2.45, 2.75) is 52.0 Å². The SMILES string of the molecule is CC1CCCC(C)C1NCCCCN(C)C. The lowest BCUT2D eigenvalue weighted by Crippen LogP contribution is -2.43. The van der Waals surface area contributed by atoms with Crippen molar-refractivity contribution >= 4 is 0 Å². The van der Waals surface area contributed by atoms with Crippen molar-refractivity contribution in [3.8, 4) is 0 Å². The van der Waals surface area contributed by atoms with Crippen molar-refractivity contribution in [2.24, 2.45) is 11.8 Å². The second kappa shape index (κ2) is 7.29. The fourth-order valence-electron chi connectivity index (χ4n) is 2.91. The molecular formula is C14H30N2. The minimum absolute atomic E-state index is 0.771. The van der Waals surface area contributed by atoms with Crippen LogP contribution in [0.4, 0.5) is 0 Å². The Kier molecular flexibility index (Phi) is 6.37. The van der Waals surface area contributed by atoms with E-state index in [0.29, 0.717) is 0 Å². The van der Waals surface area contributed by atoms with E-state index in [1.165, 1.54) is 45.2 Å². The third-order valence-corrected chi connectivity index (χ3v) is 3.96. The van der Waals surface area contributed by atoms with Crippen molar-refractivity contribution in [3.05, 3.63) is 0 Å². The molecule has 2 nitrogen and oxygen atoms in total. The molecule has 1 N–H and O–H groups in total. The predicted molar refractivity (Wildman–Crippen MR) is 71.8 cm³/mol. The van der Waals surface area contributed by atoms with Crippen molar-refractivity contribution in [1.29, 1.82) is 0 Å². The Morgan fingerprint density at radius 3 is 2.25 bits per heavy atom. The Balaban J connectivity index is 2.10. The lowest BCUT2D eigenvalue weighted by atomic mass is 9.79. The van der Waals surface area contributed by atoms with Crippen LogP contribution in [0.15, 0.2) is 0 Å². The van der Waals surface area contributed by atoms with Gasteiger partial charge in [0, 0.05) is 6.04 Å². The molecule has 1 saturated carbocycles. The number of nitrogens with one attached hydrogen (secondary N) is 1. The topological polar surface area (TPSA) is 15.3 Å². The van der Waals surface area contributed by atoms with E-state index in [1.807, 2.05) is 0 Å². The molecule has 0 amide bonds. The normalized spacial score (nSPS) is 30.9. The lowest BCUT2D eigenvalue weighted by molar-refractivity contribution is 0.208. The number of unbranched alkanes of at least 4 members (excludes halogenated alkanes) is 1. The van der Waals surface area contributed by atoms with Crippen LogP contribution >= 0.6 is 0 Å². The zero-order valence-corrected chi connectivity index (χ0v) is 11.6. The molecular weight excluding hydrogens is 196 g/mol. The number of rotatable bonds is 6. The van der Waals surface area contributed by atoms with E-state index in [2.05, 4.69) is 38.2 Å². The minimum atomic E-state index is 0.771. The van der Waals surface area contributed by atoms with Gasteiger partial charge < -0.3 is 10.2 Å². The number of hydrogen-bond acceptors (Lipinski definition) is 2. The van der Waals surface area contributed by atoms with Gasteiger partial charge in [0.2, 0.25) is 0 Å². The van der Waals surface area contributed by atoms with E-state index in [4.69, 9.17) is 0 Å². The molecule has 2 unspecified atom stereocenters. The predicted octanol–water partition coefficient (Wildman–Crippen LogP) is 2.74. The van der Waals surface area contributed by atoms with Crippen LogP contribution in [0.25, 0.3) is 0 Å². The van der Waals surface area contributed by atoms with Crippen LogP contribution in [-0.2, 0) is 0 Å². The summed E-state index contributed by atoms with van der Waals surface area (Å²) in [5, 5.41) is 3.78. The largest absolute Gasteiger partial charge is 0.313 e. The van der Waals surface area contributed by atoms with E-state index < -0.39 is 0 Å². The highest BCUT2D eigenvalue weighted by molar-refractivity contribution is 4.83. The molecule has 0 saturated heterocycles. The van der Waals surface area contributed by atoms with Gasteiger partial charge in [0.1, 0.15) is 0 Å². The van der Waals surface area contributed by atoms with Gasteiger partial charge in [-0.1, -0.05) is 20.3 Å². The second-order valence-corrected chi connectivity index (χ2v) is 5.88. The number of nitrogens with zero attached hydrogens (tertiary/aromatic N) is 1. The van der Waals surface area contributed by atoms with Crippen LogP contribution in [0.3, 0.4) is 0 Å². The van der Waals surface area contributed by atoms with Crippen molar-refractivity contribution in [3.63, 3.8) is 0 Å². The van der Waals surface area contributed by atoms with Crippen LogP contribution in [0.5, 0.6) is 0 Å². The summed E-state index contributed by atoms with van der Waals surface area (Å²) in [6, 6.07) is 0.771. The molecule has 0 heterocycles. The lowest BCUT2D eigenvalue weighted by Gasteiger charge is -2.35. The maximum Gasteiger partial charge on any atom is 0.0118 e. The summed E-state index contributed by atoms with van der Waals surface area (Å²) in [6.45, 7) is 7.24. The molecule has 0 aromatic carbocycles. The Morgan fingerprint density at radius 2 is 1.69 bits per heavy atom. The van der Waals surface area contributed by atoms with Crippen molar-refractivity contribution < 1.29 is 0 Å². The first-order valence-electron chi connectivity index (χ1n) is 6.99. The summed E-state index contributed by atoms with van der Waals surface area (Å²) in [5.74, 6) is 1.75. The smallest absolute Gasteiger partial charge is 0.0118 e. The van der Waals surface area contributed by atoms with Gasteiger partial charge in [-0.3, -0.25) is 0 Å². The summed E-state index contributed by atoms with van der Waals surface area (Å²) in [4.78, 5) is 2.27. The molecule has 1 aliphatic carbocycles. The summed E-state index contributed by atoms with van der Waals surface area (Å²) in [6.07, 6.45) is 6.89. The second-order valence-electron chi connectivity index (χ2n) is 5.88. The maximum absolute atomic E-state index is 3.78. The monoisotopic (exact) mass is 226 g/mol. The van der Waals surface area contributed by atoms with Crippen molar-refractivity contribution in [2.75, 3.05) is 27.2 Å². The molecule has 1 fully saturated rings. The standard InChI is InChI=1S/C14H30N2/c1-12-8-7-9-13(2)14(12)15-10-5-6-11-16(3)4/h12-15H,5-11H2,1-4H3. The van der Waals surface area contributed by atoms with Crippen LogP contribution in [0.1, 0.15) is 46.0 Å². The van der Waals surface area contributed by atoms with E-state index in [-0.39, 0.29) is 0 Å². The third kappa shape index (κ3) is 4.84. The van der Waals surface area contributed by atoms with E-state index >= 15 is 0 Å². The van der Waals surface area contributed by atoms with Gasteiger partial charge in [-0.25, -0.2) is 0 Å². The summed E-state index contributed by atoms with van der Waals surface area (Å²) in [7, 11) is 4.30. The Hall–Kier alpha value is -0.0800. The zero-order chi connectivity index (χ0) is 12.0. The highest BCUT2D eigenvalue weighted by atomic mass is 15.0. The highest BCUT2D eigenvalue weighted by Crippen LogP contribution is 2.28. The Morgan fingerprint density at radius 1 is 1.06 bits per heavy atom. The van der Waals surface area contributed by atoms with Gasteiger partial charge in [0.25, 0.3) is 0 Å². The molecule has 2 heteroatoms. The van der Waals surface area contributed by atoms with Crippen LogP contribution in [0, 0.1) is 11.8 Å². The summed E-state index contributed by atoms with van der Waals surface area (Å²) < 4.78 is 0. The molecule has 1 rings (SSSR count). The van der Waals surface area contributed by atoms with Gasteiger partial charge in [-0.2, -0.15) is 0 Å². The first-order chi connectivity index (χ1) is 7.61. The van der Waals surface area contributed by atoms with E-state index in [1.54, 1.807) is 0 Å². The summed E-state index contributed by atoms with van der Waals surface area (Å²) in [5.41, 5.74) is 0. The molecule has 1 aliphatic rings. The molecule has 0 spiro atoms. The molecule has 0 aromatic heterocycles. The molecule has 0 aromatic rings. The maximum atomic E-state index is 3.78. The van der Waals surface area contributed by atoms with E-state index in [0.717, 1.165) is 17.9 Å². The Bertz CT molecular complexity index is 170. The van der Waals surface area contributed by atoms with Crippen LogP contribution in [-0.4, -0.2) is 38.1 Å². The van der Waals surface area contributed by atoms with Crippen LogP contribution < -0.4 is 5.32 Å². The molecule has 2 atom stereocenters. The molecule has 96 valence electrons. The molecule has 0 aliphatic heterocycles. The zero-order valence-electron chi connectivity index (χ0n) is 11.6. The quantitative estimate of drug-likeness (QED) is 0.701. The third-order valence-electron chi connectivity index (χ3n) is 3.96. The van der Waals surface area contributed by atoms with Gasteiger partial charge in [0.05, 0.1) is 0 Å². The molecule has 16 heavy (non-hydrogen) atoms. The van der Waals surface area contributed by atoms with Gasteiger partial charge in [-0.15, -0.1) is 0 Å². The van der Waals surface area contributed by atoms with Crippen molar-refractivity contribution in [1.82, 2.24) is 10.2 Å². The number of hydrogen-bond donors (Lipinski definition) is 1. The average Bonchev–Trinajstić information content (AvgIpc) is 2.21.